The summed E-state index contributed by atoms with van der Waals surface area (Å²) in [7, 11) is 0. The Morgan fingerprint density at radius 3 is 2.53 bits per heavy atom. The summed E-state index contributed by atoms with van der Waals surface area (Å²) in [4.78, 5) is 0. The highest BCUT2D eigenvalue weighted by Gasteiger charge is 2.02. The third-order valence-electron chi connectivity index (χ3n) is 1.65. The molecule has 4 N–H and O–H groups in total. The first-order chi connectivity index (χ1) is 7.00. The summed E-state index contributed by atoms with van der Waals surface area (Å²) in [5.41, 5.74) is 11.8. The van der Waals surface area contributed by atoms with Crippen molar-refractivity contribution in [3.05, 3.63) is 33.3 Å². The van der Waals surface area contributed by atoms with Gasteiger partial charge in [0, 0.05) is 10.6 Å². The average Bonchev–Trinajstić information content (AvgIpc) is 2.13. The fraction of sp³-hybridized carbons (Fsp3) is 0.111. The van der Waals surface area contributed by atoms with Crippen LogP contribution in [0.4, 0.5) is 0 Å². The Labute approximate surface area is 97.6 Å². The van der Waals surface area contributed by atoms with Crippen molar-refractivity contribution < 1.29 is 0 Å². The van der Waals surface area contributed by atoms with Crippen LogP contribution in [0.15, 0.2) is 22.3 Å². The summed E-state index contributed by atoms with van der Waals surface area (Å²) in [6, 6.07) is 3.45. The molecule has 0 saturated carbocycles. The fourth-order valence-corrected chi connectivity index (χ4v) is 1.37. The molecule has 0 aliphatic carbocycles. The van der Waals surface area contributed by atoms with Gasteiger partial charge in [0.1, 0.15) is 0 Å². The highest BCUT2D eigenvalue weighted by molar-refractivity contribution is 6.36. The fourth-order valence-electron chi connectivity index (χ4n) is 0.936. The lowest BCUT2D eigenvalue weighted by molar-refractivity contribution is 1.21. The van der Waals surface area contributed by atoms with Gasteiger partial charge in [-0.2, -0.15) is 5.10 Å². The van der Waals surface area contributed by atoms with Crippen molar-refractivity contribution in [2.24, 2.45) is 21.7 Å². The number of benzene rings is 1. The molecular weight excluding hydrogens is 235 g/mol. The van der Waals surface area contributed by atoms with Crippen molar-refractivity contribution in [2.75, 3.05) is 0 Å². The normalized spacial score (nSPS) is 10.6. The SMILES string of the molecule is Cc1cc(C=NN=C(N)N)c(Cl)cc1Cl. The molecule has 0 aromatic heterocycles. The van der Waals surface area contributed by atoms with Crippen molar-refractivity contribution >= 4 is 35.4 Å². The van der Waals surface area contributed by atoms with Crippen molar-refractivity contribution in [2.45, 2.75) is 6.92 Å². The molecule has 0 unspecified atom stereocenters. The minimum atomic E-state index is -0.104. The van der Waals surface area contributed by atoms with Gasteiger partial charge in [0.15, 0.2) is 0 Å². The quantitative estimate of drug-likeness (QED) is 0.474. The van der Waals surface area contributed by atoms with Gasteiger partial charge in [-0.1, -0.05) is 23.2 Å². The molecule has 0 atom stereocenters. The number of guanidine groups is 1. The van der Waals surface area contributed by atoms with Gasteiger partial charge < -0.3 is 11.5 Å². The minimum absolute atomic E-state index is 0.104. The molecule has 6 heteroatoms. The second kappa shape index (κ2) is 5.00. The van der Waals surface area contributed by atoms with E-state index in [0.29, 0.717) is 15.6 Å². The van der Waals surface area contributed by atoms with Crippen LogP contribution < -0.4 is 11.5 Å². The molecule has 80 valence electrons. The van der Waals surface area contributed by atoms with E-state index in [9.17, 15) is 0 Å². The maximum absolute atomic E-state index is 5.93. The van der Waals surface area contributed by atoms with Gasteiger partial charge in [0.2, 0.25) is 5.96 Å². The Morgan fingerprint density at radius 1 is 1.27 bits per heavy atom. The van der Waals surface area contributed by atoms with Crippen molar-refractivity contribution in [3.8, 4) is 0 Å². The number of rotatable bonds is 2. The van der Waals surface area contributed by atoms with Gasteiger partial charge in [0.25, 0.3) is 0 Å². The maximum Gasteiger partial charge on any atom is 0.211 e. The number of hydrogen-bond donors (Lipinski definition) is 2. The van der Waals surface area contributed by atoms with Crippen molar-refractivity contribution in [1.82, 2.24) is 0 Å². The molecule has 15 heavy (non-hydrogen) atoms. The van der Waals surface area contributed by atoms with E-state index in [1.807, 2.05) is 6.92 Å². The second-order valence-electron chi connectivity index (χ2n) is 2.89. The first-order valence-electron chi connectivity index (χ1n) is 4.08. The van der Waals surface area contributed by atoms with Crippen molar-refractivity contribution in [3.63, 3.8) is 0 Å². The Morgan fingerprint density at radius 2 is 1.93 bits per heavy atom. The lowest BCUT2D eigenvalue weighted by atomic mass is 10.1. The maximum atomic E-state index is 5.93. The van der Waals surface area contributed by atoms with Gasteiger partial charge in [-0.25, -0.2) is 0 Å². The molecular formula is C9H10Cl2N4. The van der Waals surface area contributed by atoms with Gasteiger partial charge in [-0.15, -0.1) is 5.10 Å². The monoisotopic (exact) mass is 244 g/mol. The largest absolute Gasteiger partial charge is 0.369 e. The lowest BCUT2D eigenvalue weighted by Gasteiger charge is -2.01. The molecule has 0 bridgehead atoms. The molecule has 1 aromatic carbocycles. The van der Waals surface area contributed by atoms with Crippen LogP contribution in [0.25, 0.3) is 0 Å². The van der Waals surface area contributed by atoms with E-state index in [0.717, 1.165) is 5.56 Å². The van der Waals surface area contributed by atoms with E-state index in [1.54, 1.807) is 12.1 Å². The first kappa shape index (κ1) is 11.8. The predicted octanol–water partition coefficient (Wildman–Crippen LogP) is 1.91. The minimum Gasteiger partial charge on any atom is -0.369 e. The third kappa shape index (κ3) is 3.42. The number of nitrogens with zero attached hydrogens (tertiary/aromatic N) is 2. The van der Waals surface area contributed by atoms with Crippen LogP contribution in [-0.4, -0.2) is 12.2 Å². The zero-order chi connectivity index (χ0) is 11.4. The van der Waals surface area contributed by atoms with Crippen LogP contribution in [0.3, 0.4) is 0 Å². The molecule has 4 nitrogen and oxygen atoms in total. The second-order valence-corrected chi connectivity index (χ2v) is 3.71. The molecule has 0 amide bonds. The Balaban J connectivity index is 3.01. The highest BCUT2D eigenvalue weighted by atomic mass is 35.5. The summed E-state index contributed by atoms with van der Waals surface area (Å²) >= 11 is 11.8. The van der Waals surface area contributed by atoms with E-state index in [2.05, 4.69) is 10.2 Å². The zero-order valence-corrected chi connectivity index (χ0v) is 9.55. The zero-order valence-electron chi connectivity index (χ0n) is 8.04. The van der Waals surface area contributed by atoms with Crippen LogP contribution in [0.2, 0.25) is 10.0 Å². The Kier molecular flexibility index (Phi) is 3.94. The van der Waals surface area contributed by atoms with Crippen molar-refractivity contribution in [1.29, 1.82) is 0 Å². The number of aryl methyl sites for hydroxylation is 1. The third-order valence-corrected chi connectivity index (χ3v) is 2.38. The number of hydrogen-bond acceptors (Lipinski definition) is 2. The molecule has 0 aliphatic rings. The summed E-state index contributed by atoms with van der Waals surface area (Å²) in [5.74, 6) is -0.104. The smallest absolute Gasteiger partial charge is 0.211 e. The van der Waals surface area contributed by atoms with Gasteiger partial charge >= 0.3 is 0 Å². The van der Waals surface area contributed by atoms with Crippen LogP contribution in [0.1, 0.15) is 11.1 Å². The van der Waals surface area contributed by atoms with Crippen LogP contribution in [-0.2, 0) is 0 Å². The van der Waals surface area contributed by atoms with Gasteiger partial charge in [0.05, 0.1) is 11.2 Å². The van der Waals surface area contributed by atoms with Crippen LogP contribution >= 0.6 is 23.2 Å². The standard InChI is InChI=1S/C9H10Cl2N4/c1-5-2-6(4-14-15-9(12)13)8(11)3-7(5)10/h2-4H,1H3,(H4,12,13,15). The molecule has 0 fully saturated rings. The molecule has 0 aliphatic heterocycles. The van der Waals surface area contributed by atoms with Gasteiger partial charge in [-0.05, 0) is 24.6 Å². The van der Waals surface area contributed by atoms with E-state index in [-0.39, 0.29) is 5.96 Å². The van der Waals surface area contributed by atoms with Crippen LogP contribution in [0, 0.1) is 6.92 Å². The van der Waals surface area contributed by atoms with E-state index in [1.165, 1.54) is 6.21 Å². The summed E-state index contributed by atoms with van der Waals surface area (Å²) < 4.78 is 0. The highest BCUT2D eigenvalue weighted by Crippen LogP contribution is 2.23. The van der Waals surface area contributed by atoms with E-state index >= 15 is 0 Å². The topological polar surface area (TPSA) is 76.8 Å². The Bertz CT molecular complexity index is 422. The molecule has 1 rings (SSSR count). The predicted molar refractivity (Wildman–Crippen MR) is 64.6 cm³/mol. The first-order valence-corrected chi connectivity index (χ1v) is 4.84. The number of nitrogens with two attached hydrogens (primary N) is 2. The molecule has 0 radical (unpaired) electrons. The summed E-state index contributed by atoms with van der Waals surface area (Å²) in [6.45, 7) is 1.87. The van der Waals surface area contributed by atoms with Crippen LogP contribution in [0.5, 0.6) is 0 Å². The summed E-state index contributed by atoms with van der Waals surface area (Å²) in [6.07, 6.45) is 1.46. The van der Waals surface area contributed by atoms with Gasteiger partial charge in [-0.3, -0.25) is 0 Å². The molecule has 1 aromatic rings. The Hall–Kier alpha value is -1.26. The molecule has 0 saturated heterocycles. The number of halogens is 2. The summed E-state index contributed by atoms with van der Waals surface area (Å²) in [5, 5.41) is 8.23. The van der Waals surface area contributed by atoms with E-state index in [4.69, 9.17) is 34.7 Å². The lowest BCUT2D eigenvalue weighted by Crippen LogP contribution is -2.21. The molecule has 0 spiro atoms. The molecule has 0 heterocycles. The van der Waals surface area contributed by atoms with E-state index < -0.39 is 0 Å². The average molecular weight is 245 g/mol.